The molecule has 1 aliphatic rings. The molecule has 1 saturated carbocycles. The Morgan fingerprint density at radius 3 is 2.75 bits per heavy atom. The van der Waals surface area contributed by atoms with E-state index in [9.17, 15) is 9.59 Å². The van der Waals surface area contributed by atoms with E-state index < -0.39 is 11.9 Å². The van der Waals surface area contributed by atoms with Crippen molar-refractivity contribution in [3.8, 4) is 0 Å². The molecule has 0 aliphatic heterocycles. The van der Waals surface area contributed by atoms with Gasteiger partial charge < -0.3 is 4.74 Å². The number of hydrogen-bond donors (Lipinski definition) is 1. The normalized spacial score (nSPS) is 22.1. The van der Waals surface area contributed by atoms with Crippen LogP contribution in [0.1, 0.15) is 52.2 Å². The highest BCUT2D eigenvalue weighted by molar-refractivity contribution is 7.17. The number of amides is 1. The predicted molar refractivity (Wildman–Crippen MR) is 105 cm³/mol. The van der Waals surface area contributed by atoms with Gasteiger partial charge in [-0.05, 0) is 39.0 Å². The Hall–Kier alpha value is -1.78. The summed E-state index contributed by atoms with van der Waals surface area (Å²) in [6.07, 6.45) is 2.62. The fourth-order valence-electron chi connectivity index (χ4n) is 3.02. The Labute approximate surface area is 175 Å². The molecule has 2 aromatic rings. The van der Waals surface area contributed by atoms with E-state index in [4.69, 9.17) is 27.9 Å². The second-order valence-electron chi connectivity index (χ2n) is 6.50. The van der Waals surface area contributed by atoms with Crippen molar-refractivity contribution < 1.29 is 14.3 Å². The number of hydrogen-bond acceptors (Lipinski definition) is 8. The van der Waals surface area contributed by atoms with E-state index in [0.29, 0.717) is 18.2 Å². The molecular weight excluding hydrogens is 427 g/mol. The lowest BCUT2D eigenvalue weighted by Crippen LogP contribution is -2.28. The Morgan fingerprint density at radius 2 is 2.04 bits per heavy atom. The molecule has 3 atom stereocenters. The van der Waals surface area contributed by atoms with Gasteiger partial charge in [-0.15, -0.1) is 38.5 Å². The van der Waals surface area contributed by atoms with Crippen LogP contribution in [0.5, 0.6) is 0 Å². The molecule has 28 heavy (non-hydrogen) atoms. The molecule has 1 fully saturated rings. The van der Waals surface area contributed by atoms with Crippen LogP contribution >= 0.6 is 34.5 Å². The van der Waals surface area contributed by atoms with E-state index >= 15 is 0 Å². The summed E-state index contributed by atoms with van der Waals surface area (Å²) < 4.78 is 6.56. The molecule has 12 heteroatoms. The van der Waals surface area contributed by atoms with Crippen molar-refractivity contribution in [1.82, 2.24) is 25.2 Å². The minimum absolute atomic E-state index is 0.00232. The van der Waals surface area contributed by atoms with Crippen molar-refractivity contribution in [3.63, 3.8) is 0 Å². The fourth-order valence-corrected chi connectivity index (χ4v) is 4.26. The first kappa shape index (κ1) is 20.9. The van der Waals surface area contributed by atoms with E-state index in [1.54, 1.807) is 18.5 Å². The van der Waals surface area contributed by atoms with Gasteiger partial charge in [-0.2, -0.15) is 0 Å². The number of anilines is 1. The summed E-state index contributed by atoms with van der Waals surface area (Å²) in [6.45, 7) is 4.34. The molecule has 1 N–H and O–H groups in total. The van der Waals surface area contributed by atoms with E-state index in [1.807, 2.05) is 0 Å². The van der Waals surface area contributed by atoms with Gasteiger partial charge in [-0.25, -0.2) is 9.48 Å². The number of nitrogens with one attached hydrogen (secondary N) is 1. The van der Waals surface area contributed by atoms with Gasteiger partial charge in [0.05, 0.1) is 17.7 Å². The van der Waals surface area contributed by atoms with Crippen LogP contribution in [0.3, 0.4) is 0 Å². The zero-order chi connectivity index (χ0) is 20.3. The highest BCUT2D eigenvalue weighted by Gasteiger charge is 2.29. The average molecular weight is 447 g/mol. The third-order valence-corrected chi connectivity index (χ3v) is 6.48. The molecule has 0 aromatic carbocycles. The van der Waals surface area contributed by atoms with E-state index in [0.717, 1.165) is 30.6 Å². The second kappa shape index (κ2) is 9.15. The maximum Gasteiger partial charge on any atom is 0.369 e. The molecule has 1 aliphatic carbocycles. The van der Waals surface area contributed by atoms with Crippen molar-refractivity contribution >= 4 is 51.5 Å². The third kappa shape index (κ3) is 4.79. The first-order valence-corrected chi connectivity index (χ1v) is 10.6. The largest absolute Gasteiger partial charge is 0.461 e. The molecule has 9 nitrogen and oxygen atoms in total. The van der Waals surface area contributed by atoms with Crippen LogP contribution in [0.2, 0.25) is 0 Å². The average Bonchev–Trinajstić information content (AvgIpc) is 3.26. The van der Waals surface area contributed by atoms with Gasteiger partial charge in [0.15, 0.2) is 5.69 Å². The number of halogens is 2. The summed E-state index contributed by atoms with van der Waals surface area (Å²) in [6, 6.07) is 0. The number of aromatic nitrogens is 5. The topological polar surface area (TPSA) is 112 Å². The molecule has 3 rings (SSSR count). The first-order valence-electron chi connectivity index (χ1n) is 8.89. The second-order valence-corrected chi connectivity index (χ2v) is 8.60. The number of rotatable bonds is 6. The summed E-state index contributed by atoms with van der Waals surface area (Å²) >= 11 is 13.4. The molecule has 2 aromatic heterocycles. The molecule has 3 unspecified atom stereocenters. The van der Waals surface area contributed by atoms with Crippen LogP contribution in [-0.2, 0) is 11.3 Å². The maximum atomic E-state index is 12.5. The van der Waals surface area contributed by atoms with Crippen molar-refractivity contribution in [2.24, 2.45) is 5.92 Å². The highest BCUT2D eigenvalue weighted by Crippen LogP contribution is 2.32. The smallest absolute Gasteiger partial charge is 0.369 e. The minimum Gasteiger partial charge on any atom is -0.461 e. The molecule has 0 bridgehead atoms. The van der Waals surface area contributed by atoms with Crippen molar-refractivity contribution in [2.45, 2.75) is 50.4 Å². The van der Waals surface area contributed by atoms with Crippen LogP contribution in [-0.4, -0.2) is 54.4 Å². The number of carbonyl (C=O) groups excluding carboxylic acids is 2. The lowest BCUT2D eigenvalue weighted by molar-refractivity contribution is 0.0525. The zero-order valence-corrected chi connectivity index (χ0v) is 17.7. The summed E-state index contributed by atoms with van der Waals surface area (Å²) in [7, 11) is 0. The Morgan fingerprint density at radius 1 is 1.25 bits per heavy atom. The molecule has 152 valence electrons. The molecular formula is C16H20Cl2N6O3S. The first-order chi connectivity index (χ1) is 13.4. The molecule has 0 radical (unpaired) electrons. The Balaban J connectivity index is 1.63. The minimum atomic E-state index is -0.577. The van der Waals surface area contributed by atoms with Crippen LogP contribution in [0.25, 0.3) is 0 Å². The van der Waals surface area contributed by atoms with Gasteiger partial charge in [0.25, 0.3) is 5.91 Å². The van der Waals surface area contributed by atoms with Gasteiger partial charge in [-0.3, -0.25) is 10.1 Å². The summed E-state index contributed by atoms with van der Waals surface area (Å²) in [4.78, 5) is 24.1. The monoisotopic (exact) mass is 446 g/mol. The van der Waals surface area contributed by atoms with Crippen LogP contribution < -0.4 is 5.32 Å². The van der Waals surface area contributed by atoms with Crippen LogP contribution in [0.4, 0.5) is 5.13 Å². The standard InChI is InChI=1S/C16H20Cl2N6O3S/c1-3-27-15(26)14-21-22-16(28-14)19-13(25)12-8(2)24(23-20-12)7-9-4-5-10(17)11(18)6-9/h9-11H,3-7H2,1-2H3,(H,19,22,25). The molecule has 2 heterocycles. The summed E-state index contributed by atoms with van der Waals surface area (Å²) in [5.41, 5.74) is 0.841. The van der Waals surface area contributed by atoms with E-state index in [-0.39, 0.29) is 33.2 Å². The van der Waals surface area contributed by atoms with Crippen LogP contribution in [0.15, 0.2) is 0 Å². The Bertz CT molecular complexity index is 857. The number of alkyl halides is 2. The Kier molecular flexibility index (Phi) is 6.84. The van der Waals surface area contributed by atoms with Gasteiger partial charge in [0.2, 0.25) is 10.1 Å². The van der Waals surface area contributed by atoms with Crippen molar-refractivity contribution in [1.29, 1.82) is 0 Å². The van der Waals surface area contributed by atoms with Gasteiger partial charge in [0, 0.05) is 11.9 Å². The lowest BCUT2D eigenvalue weighted by atomic mass is 9.88. The quantitative estimate of drug-likeness (QED) is 0.535. The fraction of sp³-hybridized carbons (Fsp3) is 0.625. The summed E-state index contributed by atoms with van der Waals surface area (Å²) in [5.74, 6) is -0.703. The molecule has 0 saturated heterocycles. The van der Waals surface area contributed by atoms with Gasteiger partial charge in [0.1, 0.15) is 0 Å². The zero-order valence-electron chi connectivity index (χ0n) is 15.4. The van der Waals surface area contributed by atoms with E-state index in [1.165, 1.54) is 0 Å². The number of nitrogens with zero attached hydrogens (tertiary/aromatic N) is 5. The van der Waals surface area contributed by atoms with Crippen molar-refractivity contribution in [2.75, 3.05) is 11.9 Å². The number of ether oxygens (including phenoxy) is 1. The van der Waals surface area contributed by atoms with Gasteiger partial charge in [-0.1, -0.05) is 16.6 Å². The third-order valence-electron chi connectivity index (χ3n) is 4.53. The predicted octanol–water partition coefficient (Wildman–Crippen LogP) is 2.88. The number of esters is 1. The molecule has 0 spiro atoms. The maximum absolute atomic E-state index is 12.5. The number of carbonyl (C=O) groups is 2. The van der Waals surface area contributed by atoms with Crippen molar-refractivity contribution in [3.05, 3.63) is 16.4 Å². The SMILES string of the molecule is CCOC(=O)c1nnc(NC(=O)c2nnn(CC3CCC(Cl)C(Cl)C3)c2C)s1. The molecule has 1 amide bonds. The van der Waals surface area contributed by atoms with Crippen LogP contribution in [0, 0.1) is 12.8 Å². The summed E-state index contributed by atoms with van der Waals surface area (Å²) in [5, 5.41) is 18.4. The lowest BCUT2D eigenvalue weighted by Gasteiger charge is -2.29. The van der Waals surface area contributed by atoms with Gasteiger partial charge >= 0.3 is 5.97 Å². The highest BCUT2D eigenvalue weighted by atomic mass is 35.5. The van der Waals surface area contributed by atoms with E-state index in [2.05, 4.69) is 25.8 Å².